The molecule has 0 radical (unpaired) electrons. The first-order chi connectivity index (χ1) is 13.2. The number of halogens is 4. The quantitative estimate of drug-likeness (QED) is 0.775. The van der Waals surface area contributed by atoms with Gasteiger partial charge < -0.3 is 4.90 Å². The molecule has 10 heteroatoms. The monoisotopic (exact) mass is 414 g/mol. The number of aryl methyl sites for hydroxylation is 1. The summed E-state index contributed by atoms with van der Waals surface area (Å²) in [5, 5.41) is 4.24. The van der Waals surface area contributed by atoms with Crippen molar-refractivity contribution in [2.45, 2.75) is 44.2 Å². The number of aromatic nitrogens is 3. The molecule has 0 spiro atoms. The van der Waals surface area contributed by atoms with E-state index in [0.29, 0.717) is 30.7 Å². The van der Waals surface area contributed by atoms with Crippen molar-refractivity contribution in [2.75, 3.05) is 13.1 Å². The van der Waals surface area contributed by atoms with E-state index in [1.807, 2.05) is 0 Å². The van der Waals surface area contributed by atoms with Gasteiger partial charge in [-0.1, -0.05) is 17.7 Å². The first-order valence-corrected chi connectivity index (χ1v) is 9.42. The van der Waals surface area contributed by atoms with Crippen LogP contribution in [0.15, 0.2) is 23.0 Å². The van der Waals surface area contributed by atoms with Crippen molar-refractivity contribution in [3.8, 4) is 0 Å². The number of fused-ring (bicyclic) bond motifs is 1. The normalized spacial score (nSPS) is 21.0. The molecule has 0 bridgehead atoms. The Balaban J connectivity index is 1.62. The molecule has 150 valence electrons. The number of likely N-dealkylation sites (tertiary alicyclic amines) is 1. The molecule has 0 unspecified atom stereocenters. The van der Waals surface area contributed by atoms with Gasteiger partial charge in [-0.3, -0.25) is 9.36 Å². The van der Waals surface area contributed by atoms with Gasteiger partial charge in [-0.25, -0.2) is 22.6 Å². The highest BCUT2D eigenvalue weighted by Crippen LogP contribution is 2.31. The number of nitrogens with zero attached hydrogens (tertiary/aromatic N) is 4. The molecule has 0 aliphatic carbocycles. The lowest BCUT2D eigenvalue weighted by atomic mass is 10.0. The molecular weight excluding hydrogens is 397 g/mol. The second-order valence-electron chi connectivity index (χ2n) is 7.25. The Morgan fingerprint density at radius 2 is 2.14 bits per heavy atom. The second-order valence-corrected chi connectivity index (χ2v) is 7.66. The number of rotatable bonds is 3. The van der Waals surface area contributed by atoms with Crippen LogP contribution in [-0.2, 0) is 17.8 Å². The summed E-state index contributed by atoms with van der Waals surface area (Å²) in [6.45, 7) is -0.565. The summed E-state index contributed by atoms with van der Waals surface area (Å²) in [5.41, 5.74) is 0.102. The number of alkyl halides is 2. The Morgan fingerprint density at radius 1 is 1.36 bits per heavy atom. The lowest BCUT2D eigenvalue weighted by Crippen LogP contribution is -2.42. The zero-order valence-corrected chi connectivity index (χ0v) is 15.6. The highest BCUT2D eigenvalue weighted by Gasteiger charge is 2.43. The molecule has 3 heterocycles. The summed E-state index contributed by atoms with van der Waals surface area (Å²) in [7, 11) is 0. The Kier molecular flexibility index (Phi) is 4.73. The van der Waals surface area contributed by atoms with Gasteiger partial charge in [-0.15, -0.1) is 0 Å². The van der Waals surface area contributed by atoms with Crippen molar-refractivity contribution in [3.63, 3.8) is 0 Å². The zero-order chi connectivity index (χ0) is 20.1. The van der Waals surface area contributed by atoms with Gasteiger partial charge in [0.15, 0.2) is 0 Å². The van der Waals surface area contributed by atoms with Gasteiger partial charge in [-0.2, -0.15) is 5.10 Å². The van der Waals surface area contributed by atoms with E-state index in [1.165, 1.54) is 27.4 Å². The van der Waals surface area contributed by atoms with Gasteiger partial charge in [0.2, 0.25) is 5.91 Å². The molecule has 2 aromatic rings. The first-order valence-electron chi connectivity index (χ1n) is 9.04. The van der Waals surface area contributed by atoms with Crippen LogP contribution in [0.25, 0.3) is 0 Å². The summed E-state index contributed by atoms with van der Waals surface area (Å²) in [6, 6.07) is 3.30. The maximum absolute atomic E-state index is 13.5. The van der Waals surface area contributed by atoms with Crippen molar-refractivity contribution in [3.05, 3.63) is 50.9 Å². The fraction of sp³-hybridized carbons (Fsp3) is 0.500. The van der Waals surface area contributed by atoms with Crippen molar-refractivity contribution in [1.82, 2.24) is 19.2 Å². The van der Waals surface area contributed by atoms with E-state index in [9.17, 15) is 22.8 Å². The van der Waals surface area contributed by atoms with Gasteiger partial charge in [-0.05, 0) is 30.5 Å². The molecule has 2 aliphatic rings. The molecule has 0 saturated carbocycles. The molecule has 1 aromatic heterocycles. The van der Waals surface area contributed by atoms with E-state index in [-0.39, 0.29) is 24.5 Å². The summed E-state index contributed by atoms with van der Waals surface area (Å²) in [6.07, 6.45) is 1.20. The van der Waals surface area contributed by atoms with E-state index >= 15 is 0 Å². The molecule has 2 aliphatic heterocycles. The molecule has 1 saturated heterocycles. The third kappa shape index (κ3) is 3.43. The number of hydrogen-bond donors (Lipinski definition) is 0. The number of benzene rings is 1. The second kappa shape index (κ2) is 6.95. The number of hydrogen-bond acceptors (Lipinski definition) is 3. The molecule has 1 aromatic carbocycles. The van der Waals surface area contributed by atoms with Crippen LogP contribution in [0.3, 0.4) is 0 Å². The van der Waals surface area contributed by atoms with Crippen LogP contribution < -0.4 is 5.69 Å². The van der Waals surface area contributed by atoms with Gasteiger partial charge in [0.1, 0.15) is 17.7 Å². The minimum absolute atomic E-state index is 0.0192. The van der Waals surface area contributed by atoms with Crippen LogP contribution in [0.5, 0.6) is 0 Å². The van der Waals surface area contributed by atoms with E-state index in [0.717, 1.165) is 4.90 Å². The average molecular weight is 415 g/mol. The smallest absolute Gasteiger partial charge is 0.335 e. The topological polar surface area (TPSA) is 60.1 Å². The van der Waals surface area contributed by atoms with Crippen molar-refractivity contribution >= 4 is 17.5 Å². The Morgan fingerprint density at radius 3 is 2.82 bits per heavy atom. The fourth-order valence-electron chi connectivity index (χ4n) is 3.81. The molecule has 1 atom stereocenters. The van der Waals surface area contributed by atoms with Crippen molar-refractivity contribution in [2.24, 2.45) is 0 Å². The highest BCUT2D eigenvalue weighted by molar-refractivity contribution is 6.30. The maximum atomic E-state index is 13.5. The molecule has 6 nitrogen and oxygen atoms in total. The lowest BCUT2D eigenvalue weighted by molar-refractivity contribution is -0.135. The van der Waals surface area contributed by atoms with Crippen molar-refractivity contribution in [1.29, 1.82) is 0 Å². The van der Waals surface area contributed by atoms with Gasteiger partial charge in [0, 0.05) is 19.4 Å². The lowest BCUT2D eigenvalue weighted by Gasteiger charge is -2.27. The van der Waals surface area contributed by atoms with Crippen LogP contribution in [0.2, 0.25) is 5.02 Å². The van der Waals surface area contributed by atoms with Crippen LogP contribution in [-0.4, -0.2) is 44.2 Å². The third-order valence-electron chi connectivity index (χ3n) is 5.21. The minimum Gasteiger partial charge on any atom is -0.335 e. The predicted molar refractivity (Wildman–Crippen MR) is 95.1 cm³/mol. The van der Waals surface area contributed by atoms with Crippen LogP contribution >= 0.6 is 11.6 Å². The average Bonchev–Trinajstić information content (AvgIpc) is 3.17. The molecule has 28 heavy (non-hydrogen) atoms. The summed E-state index contributed by atoms with van der Waals surface area (Å²) < 4.78 is 42.8. The van der Waals surface area contributed by atoms with E-state index in [2.05, 4.69) is 5.10 Å². The molecule has 4 rings (SSSR count). The largest absolute Gasteiger partial charge is 0.346 e. The van der Waals surface area contributed by atoms with E-state index in [1.54, 1.807) is 0 Å². The SMILES string of the molecule is O=C([C@H]1CCCc2nn(Cc3ccc(F)c(Cl)c3)c(=O)n21)N1CCC(F)(F)C1. The van der Waals surface area contributed by atoms with Gasteiger partial charge in [0.25, 0.3) is 5.92 Å². The molecule has 0 N–H and O–H groups in total. The summed E-state index contributed by atoms with van der Waals surface area (Å²) in [5.74, 6) is -3.46. The maximum Gasteiger partial charge on any atom is 0.346 e. The van der Waals surface area contributed by atoms with E-state index in [4.69, 9.17) is 11.6 Å². The Bertz CT molecular complexity index is 988. The van der Waals surface area contributed by atoms with Crippen LogP contribution in [0.1, 0.15) is 36.7 Å². The van der Waals surface area contributed by atoms with Crippen LogP contribution in [0.4, 0.5) is 13.2 Å². The van der Waals surface area contributed by atoms with Gasteiger partial charge >= 0.3 is 5.69 Å². The fourth-order valence-corrected chi connectivity index (χ4v) is 4.02. The molecule has 1 amide bonds. The summed E-state index contributed by atoms with van der Waals surface area (Å²) in [4.78, 5) is 26.8. The zero-order valence-electron chi connectivity index (χ0n) is 14.9. The number of amides is 1. The highest BCUT2D eigenvalue weighted by atomic mass is 35.5. The Hall–Kier alpha value is -2.29. The Labute approximate surface area is 163 Å². The van der Waals surface area contributed by atoms with Gasteiger partial charge in [0.05, 0.1) is 18.1 Å². The standard InChI is InChI=1S/C18H18ClF3N4O2/c19-12-8-11(4-5-13(12)20)9-25-17(28)26-14(2-1-3-15(26)23-25)16(27)24-7-6-18(21,22)10-24/h4-5,8,14H,1-3,6-7,9-10H2/t14-/m1/s1. The predicted octanol–water partition coefficient (Wildman–Crippen LogP) is 2.63. The van der Waals surface area contributed by atoms with Crippen LogP contribution in [0, 0.1) is 5.82 Å². The molecule has 1 fully saturated rings. The number of carbonyl (C=O) groups excluding carboxylic acids is 1. The summed E-state index contributed by atoms with van der Waals surface area (Å²) >= 11 is 5.78. The molecular formula is C18H18ClF3N4O2. The van der Waals surface area contributed by atoms with E-state index < -0.39 is 35.9 Å². The number of carbonyl (C=O) groups is 1. The third-order valence-corrected chi connectivity index (χ3v) is 5.50. The minimum atomic E-state index is -2.88. The first kappa shape index (κ1) is 19.0. The van der Waals surface area contributed by atoms with Crippen molar-refractivity contribution < 1.29 is 18.0 Å².